The van der Waals surface area contributed by atoms with Crippen molar-refractivity contribution >= 4 is 11.6 Å². The highest BCUT2D eigenvalue weighted by atomic mass is 19.1. The monoisotopic (exact) mass is 286 g/mol. The van der Waals surface area contributed by atoms with Gasteiger partial charge in [-0.05, 0) is 18.2 Å². The normalized spacial score (nSPS) is 16.7. The van der Waals surface area contributed by atoms with Crippen molar-refractivity contribution in [2.45, 2.75) is 12.5 Å². The molecule has 4 nitrogen and oxygen atoms in total. The molecule has 0 spiro atoms. The van der Waals surface area contributed by atoms with Crippen molar-refractivity contribution in [2.75, 3.05) is 12.3 Å². The molecule has 0 saturated carbocycles. The summed E-state index contributed by atoms with van der Waals surface area (Å²) in [7, 11) is 0. The van der Waals surface area contributed by atoms with Gasteiger partial charge in [0, 0.05) is 12.0 Å². The summed E-state index contributed by atoms with van der Waals surface area (Å²) in [4.78, 5) is 12.3. The minimum Gasteiger partial charge on any atom is -0.493 e. The topological polar surface area (TPSA) is 64.4 Å². The van der Waals surface area contributed by atoms with E-state index in [4.69, 9.17) is 10.5 Å². The second kappa shape index (κ2) is 5.44. The zero-order valence-electron chi connectivity index (χ0n) is 11.3. The molecule has 0 radical (unpaired) electrons. The maximum atomic E-state index is 13.4. The van der Waals surface area contributed by atoms with Crippen molar-refractivity contribution in [3.05, 3.63) is 59.4 Å². The van der Waals surface area contributed by atoms with Crippen molar-refractivity contribution in [3.63, 3.8) is 0 Å². The summed E-state index contributed by atoms with van der Waals surface area (Å²) in [5.41, 5.74) is 6.57. The number of fused-ring (bicyclic) bond motifs is 1. The molecule has 0 aliphatic carbocycles. The third kappa shape index (κ3) is 2.54. The van der Waals surface area contributed by atoms with Crippen LogP contribution in [0.1, 0.15) is 28.4 Å². The van der Waals surface area contributed by atoms with Gasteiger partial charge in [-0.2, -0.15) is 0 Å². The van der Waals surface area contributed by atoms with Crippen LogP contribution in [0.3, 0.4) is 0 Å². The highest BCUT2D eigenvalue weighted by Crippen LogP contribution is 2.32. The Morgan fingerprint density at radius 3 is 2.90 bits per heavy atom. The molecule has 0 aromatic heterocycles. The number of amides is 1. The van der Waals surface area contributed by atoms with E-state index in [1.54, 1.807) is 0 Å². The number of hydrogen-bond donors (Lipinski definition) is 2. The van der Waals surface area contributed by atoms with Gasteiger partial charge in [-0.15, -0.1) is 0 Å². The van der Waals surface area contributed by atoms with Gasteiger partial charge in [-0.1, -0.05) is 24.3 Å². The Hall–Kier alpha value is -2.56. The first-order valence-corrected chi connectivity index (χ1v) is 6.73. The average molecular weight is 286 g/mol. The zero-order valence-corrected chi connectivity index (χ0v) is 11.3. The fraction of sp³-hybridized carbons (Fsp3) is 0.188. The van der Waals surface area contributed by atoms with Crippen LogP contribution in [-0.4, -0.2) is 12.5 Å². The minimum absolute atomic E-state index is 0.129. The van der Waals surface area contributed by atoms with Crippen LogP contribution < -0.4 is 15.8 Å². The van der Waals surface area contributed by atoms with Gasteiger partial charge in [0.1, 0.15) is 11.6 Å². The van der Waals surface area contributed by atoms with Crippen LogP contribution in [0.25, 0.3) is 0 Å². The predicted octanol–water partition coefficient (Wildman–Crippen LogP) is 2.66. The van der Waals surface area contributed by atoms with E-state index in [2.05, 4.69) is 5.32 Å². The molecule has 1 aliphatic rings. The first-order valence-electron chi connectivity index (χ1n) is 6.73. The molecule has 1 amide bonds. The van der Waals surface area contributed by atoms with Crippen molar-refractivity contribution in [1.82, 2.24) is 5.32 Å². The Labute approximate surface area is 121 Å². The van der Waals surface area contributed by atoms with E-state index in [1.807, 2.05) is 24.3 Å². The highest BCUT2D eigenvalue weighted by Gasteiger charge is 2.24. The van der Waals surface area contributed by atoms with Crippen LogP contribution in [-0.2, 0) is 0 Å². The summed E-state index contributed by atoms with van der Waals surface area (Å²) >= 11 is 0. The summed E-state index contributed by atoms with van der Waals surface area (Å²) in [5.74, 6) is -0.204. The lowest BCUT2D eigenvalue weighted by molar-refractivity contribution is 0.0925. The number of carbonyl (C=O) groups excluding carboxylic acids is 1. The van der Waals surface area contributed by atoms with E-state index < -0.39 is 5.82 Å². The van der Waals surface area contributed by atoms with Crippen molar-refractivity contribution < 1.29 is 13.9 Å². The van der Waals surface area contributed by atoms with Gasteiger partial charge in [-0.3, -0.25) is 4.79 Å². The molecule has 0 saturated heterocycles. The van der Waals surface area contributed by atoms with Crippen molar-refractivity contribution in [1.29, 1.82) is 0 Å². The molecule has 108 valence electrons. The third-order valence-corrected chi connectivity index (χ3v) is 3.56. The van der Waals surface area contributed by atoms with Gasteiger partial charge < -0.3 is 15.8 Å². The highest BCUT2D eigenvalue weighted by molar-refractivity contribution is 5.99. The van der Waals surface area contributed by atoms with Crippen LogP contribution in [0.4, 0.5) is 10.1 Å². The van der Waals surface area contributed by atoms with Gasteiger partial charge in [0.25, 0.3) is 5.91 Å². The molecule has 1 atom stereocenters. The second-order valence-corrected chi connectivity index (χ2v) is 4.90. The second-order valence-electron chi connectivity index (χ2n) is 4.90. The fourth-order valence-corrected chi connectivity index (χ4v) is 2.46. The lowest BCUT2D eigenvalue weighted by atomic mass is 10.00. The number of anilines is 1. The lowest BCUT2D eigenvalue weighted by Gasteiger charge is -2.26. The number of nitrogen functional groups attached to an aromatic ring is 1. The zero-order chi connectivity index (χ0) is 14.8. The van der Waals surface area contributed by atoms with Crippen LogP contribution in [0.15, 0.2) is 42.5 Å². The van der Waals surface area contributed by atoms with Crippen LogP contribution in [0, 0.1) is 5.82 Å². The molecule has 1 heterocycles. The van der Waals surface area contributed by atoms with Crippen LogP contribution >= 0.6 is 0 Å². The average Bonchev–Trinajstić information content (AvgIpc) is 2.50. The number of nitrogens with one attached hydrogen (secondary N) is 1. The van der Waals surface area contributed by atoms with E-state index in [-0.39, 0.29) is 23.2 Å². The Bertz CT molecular complexity index is 688. The van der Waals surface area contributed by atoms with Crippen molar-refractivity contribution in [3.8, 4) is 5.75 Å². The first-order chi connectivity index (χ1) is 10.2. The Balaban J connectivity index is 1.85. The number of rotatable bonds is 2. The predicted molar refractivity (Wildman–Crippen MR) is 77.6 cm³/mol. The Kier molecular flexibility index (Phi) is 3.48. The largest absolute Gasteiger partial charge is 0.493 e. The van der Waals surface area contributed by atoms with Crippen LogP contribution in [0.2, 0.25) is 0 Å². The number of halogens is 1. The smallest absolute Gasteiger partial charge is 0.253 e. The molecular formula is C16H15FN2O2. The first kappa shape index (κ1) is 13.4. The maximum absolute atomic E-state index is 13.4. The standard InChI is InChI=1S/C16H15FN2O2/c17-12-6-3-5-11(15(12)18)16(20)19-13-8-9-21-14-7-2-1-4-10(13)14/h1-7,13H,8-9,18H2,(H,19,20). The molecule has 0 bridgehead atoms. The molecule has 0 fully saturated rings. The van der Waals surface area contributed by atoms with Gasteiger partial charge in [0.2, 0.25) is 0 Å². The molecular weight excluding hydrogens is 271 g/mol. The lowest BCUT2D eigenvalue weighted by Crippen LogP contribution is -2.32. The number of hydrogen-bond acceptors (Lipinski definition) is 3. The summed E-state index contributed by atoms with van der Waals surface area (Å²) in [6.45, 7) is 0.528. The van der Waals surface area contributed by atoms with E-state index in [0.717, 1.165) is 11.3 Å². The van der Waals surface area contributed by atoms with Gasteiger partial charge >= 0.3 is 0 Å². The fourth-order valence-electron chi connectivity index (χ4n) is 2.46. The molecule has 1 aliphatic heterocycles. The third-order valence-electron chi connectivity index (χ3n) is 3.56. The molecule has 3 N–H and O–H groups in total. The molecule has 2 aromatic carbocycles. The molecule has 5 heteroatoms. The van der Waals surface area contributed by atoms with Gasteiger partial charge in [0.05, 0.1) is 23.9 Å². The van der Waals surface area contributed by atoms with E-state index >= 15 is 0 Å². The van der Waals surface area contributed by atoms with E-state index in [9.17, 15) is 9.18 Å². The SMILES string of the molecule is Nc1c(F)cccc1C(=O)NC1CCOc2ccccc21. The van der Waals surface area contributed by atoms with Gasteiger partial charge in [0.15, 0.2) is 0 Å². The Morgan fingerprint density at radius 2 is 2.05 bits per heavy atom. The summed E-state index contributed by atoms with van der Waals surface area (Å²) in [6, 6.07) is 11.6. The molecule has 1 unspecified atom stereocenters. The minimum atomic E-state index is -0.588. The summed E-state index contributed by atoms with van der Waals surface area (Å²) < 4.78 is 19.0. The quantitative estimate of drug-likeness (QED) is 0.834. The number of carbonyl (C=O) groups is 1. The van der Waals surface area contributed by atoms with E-state index in [1.165, 1.54) is 18.2 Å². The number of benzene rings is 2. The van der Waals surface area contributed by atoms with Gasteiger partial charge in [-0.25, -0.2) is 4.39 Å². The number of ether oxygens (including phenoxy) is 1. The summed E-state index contributed by atoms with van der Waals surface area (Å²) in [5, 5.41) is 2.89. The summed E-state index contributed by atoms with van der Waals surface area (Å²) in [6.07, 6.45) is 0.665. The molecule has 2 aromatic rings. The number of nitrogens with two attached hydrogens (primary N) is 1. The molecule has 21 heavy (non-hydrogen) atoms. The van der Waals surface area contributed by atoms with Crippen LogP contribution in [0.5, 0.6) is 5.75 Å². The van der Waals surface area contributed by atoms with E-state index in [0.29, 0.717) is 13.0 Å². The molecule has 3 rings (SSSR count). The maximum Gasteiger partial charge on any atom is 0.253 e. The van der Waals surface area contributed by atoms with Crippen molar-refractivity contribution in [2.24, 2.45) is 0 Å². The Morgan fingerprint density at radius 1 is 1.24 bits per heavy atom. The number of para-hydroxylation sites is 2.